The number of nitrogens with one attached hydrogen (secondary N) is 1. The zero-order valence-electron chi connectivity index (χ0n) is 11.2. The number of ether oxygens (including phenoxy) is 2. The van der Waals surface area contributed by atoms with Gasteiger partial charge in [0, 0.05) is 32.8 Å². The molecule has 1 atom stereocenters. The van der Waals surface area contributed by atoms with E-state index in [1.807, 2.05) is 11.9 Å². The molecule has 2 amide bonds. The number of amides is 2. The van der Waals surface area contributed by atoms with Crippen LogP contribution in [-0.4, -0.2) is 56.5 Å². The monoisotopic (exact) mass is 256 g/mol. The van der Waals surface area contributed by atoms with E-state index in [0.717, 1.165) is 38.9 Å². The minimum absolute atomic E-state index is 0.0453. The zero-order chi connectivity index (χ0) is 12.8. The molecule has 1 aliphatic heterocycles. The number of carbonyl (C=O) groups excluding carboxylic acids is 1. The van der Waals surface area contributed by atoms with Crippen molar-refractivity contribution in [2.75, 3.05) is 33.4 Å². The summed E-state index contributed by atoms with van der Waals surface area (Å²) in [6.07, 6.45) is 5.67. The molecular weight excluding hydrogens is 232 g/mol. The molecule has 2 rings (SSSR count). The van der Waals surface area contributed by atoms with E-state index in [9.17, 15) is 4.79 Å². The molecule has 0 bridgehead atoms. The fourth-order valence-corrected chi connectivity index (χ4v) is 2.23. The first kappa shape index (κ1) is 13.6. The molecule has 0 aromatic carbocycles. The normalized spacial score (nSPS) is 23.7. The molecule has 0 unspecified atom stereocenters. The van der Waals surface area contributed by atoms with Gasteiger partial charge in [-0.05, 0) is 32.1 Å². The van der Waals surface area contributed by atoms with Gasteiger partial charge in [-0.25, -0.2) is 4.79 Å². The quantitative estimate of drug-likeness (QED) is 0.730. The highest BCUT2D eigenvalue weighted by Crippen LogP contribution is 2.23. The molecule has 1 aliphatic carbocycles. The number of carbonyl (C=O) groups is 1. The van der Waals surface area contributed by atoms with Gasteiger partial charge in [-0.3, -0.25) is 0 Å². The molecule has 2 aliphatic rings. The summed E-state index contributed by atoms with van der Waals surface area (Å²) >= 11 is 0. The Hall–Kier alpha value is -0.810. The maximum atomic E-state index is 11.8. The number of nitrogens with zero attached hydrogens (tertiary/aromatic N) is 1. The van der Waals surface area contributed by atoms with Gasteiger partial charge in [0.1, 0.15) is 0 Å². The lowest BCUT2D eigenvalue weighted by Gasteiger charge is -2.34. The lowest BCUT2D eigenvalue weighted by molar-refractivity contribution is 0.0416. The van der Waals surface area contributed by atoms with Crippen LogP contribution in [0, 0.1) is 0 Å². The molecule has 0 aromatic heterocycles. The maximum Gasteiger partial charge on any atom is 0.317 e. The number of hydrogen-bond acceptors (Lipinski definition) is 3. The summed E-state index contributed by atoms with van der Waals surface area (Å²) in [6, 6.07) is 0.501. The van der Waals surface area contributed by atoms with Gasteiger partial charge in [0.25, 0.3) is 0 Å². The first-order valence-electron chi connectivity index (χ1n) is 6.97. The number of rotatable bonds is 6. The Bertz CT molecular complexity index is 263. The summed E-state index contributed by atoms with van der Waals surface area (Å²) in [4.78, 5) is 13.6. The second-order valence-electron chi connectivity index (χ2n) is 5.14. The summed E-state index contributed by atoms with van der Waals surface area (Å²) in [6.45, 7) is 2.91. The van der Waals surface area contributed by atoms with Crippen molar-refractivity contribution in [3.8, 4) is 0 Å². The Morgan fingerprint density at radius 2 is 2.28 bits per heavy atom. The van der Waals surface area contributed by atoms with Crippen LogP contribution < -0.4 is 5.32 Å². The topological polar surface area (TPSA) is 50.8 Å². The summed E-state index contributed by atoms with van der Waals surface area (Å²) in [5.41, 5.74) is 0. The van der Waals surface area contributed by atoms with Crippen molar-refractivity contribution >= 4 is 6.03 Å². The lowest BCUT2D eigenvalue weighted by Crippen LogP contribution is -2.46. The third-order valence-corrected chi connectivity index (χ3v) is 3.78. The third-order valence-electron chi connectivity index (χ3n) is 3.78. The molecule has 0 spiro atoms. The van der Waals surface area contributed by atoms with Crippen molar-refractivity contribution in [1.82, 2.24) is 10.2 Å². The van der Waals surface area contributed by atoms with E-state index in [4.69, 9.17) is 9.47 Å². The number of urea groups is 1. The SMILES string of the molecule is CN(C(=O)NCCCO[C@@H]1CCOC1)C1CCC1. The standard InChI is InChI=1S/C13H24N2O3/c1-15(11-4-2-5-11)13(16)14-7-3-8-18-12-6-9-17-10-12/h11-12H,2-10H2,1H3,(H,14,16)/t12-/m1/s1. The Balaban J connectivity index is 1.47. The van der Waals surface area contributed by atoms with Crippen LogP contribution in [0.3, 0.4) is 0 Å². The Morgan fingerprint density at radius 1 is 1.44 bits per heavy atom. The molecule has 2 fully saturated rings. The average molecular weight is 256 g/mol. The molecule has 1 saturated heterocycles. The molecule has 1 saturated carbocycles. The van der Waals surface area contributed by atoms with Gasteiger partial charge in [-0.15, -0.1) is 0 Å². The first-order valence-corrected chi connectivity index (χ1v) is 6.97. The van der Waals surface area contributed by atoms with Crippen LogP contribution in [0.4, 0.5) is 4.79 Å². The molecule has 0 aromatic rings. The van der Waals surface area contributed by atoms with Crippen LogP contribution in [0.1, 0.15) is 32.1 Å². The zero-order valence-corrected chi connectivity index (χ0v) is 11.2. The van der Waals surface area contributed by atoms with Crippen LogP contribution in [-0.2, 0) is 9.47 Å². The minimum atomic E-state index is 0.0453. The van der Waals surface area contributed by atoms with Gasteiger partial charge in [0.05, 0.1) is 12.7 Å². The van der Waals surface area contributed by atoms with Crippen molar-refractivity contribution in [3.05, 3.63) is 0 Å². The number of hydrogen-bond donors (Lipinski definition) is 1. The van der Waals surface area contributed by atoms with Crippen molar-refractivity contribution < 1.29 is 14.3 Å². The van der Waals surface area contributed by atoms with Crippen molar-refractivity contribution in [2.24, 2.45) is 0 Å². The second-order valence-corrected chi connectivity index (χ2v) is 5.14. The lowest BCUT2D eigenvalue weighted by atomic mass is 9.92. The highest BCUT2D eigenvalue weighted by molar-refractivity contribution is 5.74. The molecule has 104 valence electrons. The average Bonchev–Trinajstić information content (AvgIpc) is 2.79. The van der Waals surface area contributed by atoms with Crippen LogP contribution in [0.25, 0.3) is 0 Å². The van der Waals surface area contributed by atoms with Gasteiger partial charge in [0.15, 0.2) is 0 Å². The molecule has 0 radical (unpaired) electrons. The summed E-state index contributed by atoms with van der Waals surface area (Å²) < 4.78 is 10.9. The molecule has 5 nitrogen and oxygen atoms in total. The van der Waals surface area contributed by atoms with Crippen molar-refractivity contribution in [1.29, 1.82) is 0 Å². The molecule has 18 heavy (non-hydrogen) atoms. The third kappa shape index (κ3) is 3.85. The van der Waals surface area contributed by atoms with E-state index < -0.39 is 0 Å². The van der Waals surface area contributed by atoms with E-state index in [-0.39, 0.29) is 12.1 Å². The predicted molar refractivity (Wildman–Crippen MR) is 68.6 cm³/mol. The Labute approximate surface area is 109 Å². The summed E-state index contributed by atoms with van der Waals surface area (Å²) in [7, 11) is 1.88. The smallest absolute Gasteiger partial charge is 0.317 e. The van der Waals surface area contributed by atoms with E-state index in [2.05, 4.69) is 5.32 Å². The van der Waals surface area contributed by atoms with E-state index in [0.29, 0.717) is 19.2 Å². The maximum absolute atomic E-state index is 11.8. The summed E-state index contributed by atoms with van der Waals surface area (Å²) in [5.74, 6) is 0. The van der Waals surface area contributed by atoms with Crippen LogP contribution >= 0.6 is 0 Å². The molecule has 5 heteroatoms. The fraction of sp³-hybridized carbons (Fsp3) is 0.923. The van der Waals surface area contributed by atoms with E-state index in [1.54, 1.807) is 0 Å². The Morgan fingerprint density at radius 3 is 2.89 bits per heavy atom. The molecular formula is C13H24N2O3. The van der Waals surface area contributed by atoms with E-state index >= 15 is 0 Å². The van der Waals surface area contributed by atoms with Crippen molar-refractivity contribution in [3.63, 3.8) is 0 Å². The largest absolute Gasteiger partial charge is 0.379 e. The van der Waals surface area contributed by atoms with Crippen LogP contribution in [0.15, 0.2) is 0 Å². The van der Waals surface area contributed by atoms with Gasteiger partial charge in [-0.2, -0.15) is 0 Å². The van der Waals surface area contributed by atoms with Gasteiger partial charge < -0.3 is 19.7 Å². The fourth-order valence-electron chi connectivity index (χ4n) is 2.23. The van der Waals surface area contributed by atoms with Gasteiger partial charge in [-0.1, -0.05) is 0 Å². The predicted octanol–water partition coefficient (Wildman–Crippen LogP) is 1.38. The first-order chi connectivity index (χ1) is 8.77. The van der Waals surface area contributed by atoms with Gasteiger partial charge in [0.2, 0.25) is 0 Å². The van der Waals surface area contributed by atoms with Crippen LogP contribution in [0.5, 0.6) is 0 Å². The van der Waals surface area contributed by atoms with Crippen LogP contribution in [0.2, 0.25) is 0 Å². The van der Waals surface area contributed by atoms with E-state index in [1.165, 1.54) is 6.42 Å². The highest BCUT2D eigenvalue weighted by Gasteiger charge is 2.25. The summed E-state index contributed by atoms with van der Waals surface area (Å²) in [5, 5.41) is 2.93. The second kappa shape index (κ2) is 6.95. The Kier molecular flexibility index (Phi) is 5.26. The molecule has 1 heterocycles. The van der Waals surface area contributed by atoms with Crippen molar-refractivity contribution in [2.45, 2.75) is 44.2 Å². The van der Waals surface area contributed by atoms with Gasteiger partial charge >= 0.3 is 6.03 Å². The molecule has 1 N–H and O–H groups in total. The minimum Gasteiger partial charge on any atom is -0.379 e. The highest BCUT2D eigenvalue weighted by atomic mass is 16.5.